The lowest BCUT2D eigenvalue weighted by Gasteiger charge is -2.48. The molecule has 1 fully saturated rings. The molecule has 2 aromatic rings. The van der Waals surface area contributed by atoms with Gasteiger partial charge >= 0.3 is 0 Å². The molecular weight excluding hydrogens is 366 g/mol. The van der Waals surface area contributed by atoms with Gasteiger partial charge < -0.3 is 4.43 Å². The standard InChI is InChI=1S/C23H31NO3Si/c1-23(2,3)28(20-12-8-6-9-13-20,21-14-10-7-11-15-21)27-19-16-18(17-19)22(25)24(4)26-5/h6-15,18-19H,16-17H2,1-5H3/t18-,19+. The molecule has 1 saturated carbocycles. The largest absolute Gasteiger partial charge is 0.404 e. The third kappa shape index (κ3) is 3.79. The Bertz CT molecular complexity index is 743. The summed E-state index contributed by atoms with van der Waals surface area (Å²) >= 11 is 0. The van der Waals surface area contributed by atoms with Crippen molar-refractivity contribution in [1.82, 2.24) is 5.06 Å². The van der Waals surface area contributed by atoms with Crippen LogP contribution >= 0.6 is 0 Å². The van der Waals surface area contributed by atoms with E-state index in [1.807, 2.05) is 0 Å². The summed E-state index contributed by atoms with van der Waals surface area (Å²) in [6.07, 6.45) is 1.58. The molecule has 0 spiro atoms. The Balaban J connectivity index is 1.94. The van der Waals surface area contributed by atoms with E-state index < -0.39 is 8.32 Å². The van der Waals surface area contributed by atoms with Crippen molar-refractivity contribution in [3.8, 4) is 0 Å². The molecule has 150 valence electrons. The summed E-state index contributed by atoms with van der Waals surface area (Å²) in [4.78, 5) is 17.4. The number of nitrogens with zero attached hydrogens (tertiary/aromatic N) is 1. The van der Waals surface area contributed by atoms with Crippen LogP contribution in [0.5, 0.6) is 0 Å². The maximum Gasteiger partial charge on any atom is 0.261 e. The van der Waals surface area contributed by atoms with E-state index in [2.05, 4.69) is 81.4 Å². The van der Waals surface area contributed by atoms with E-state index >= 15 is 0 Å². The molecule has 0 unspecified atom stereocenters. The summed E-state index contributed by atoms with van der Waals surface area (Å²) in [5.74, 6) is 0.0120. The van der Waals surface area contributed by atoms with Crippen molar-refractivity contribution < 1.29 is 14.1 Å². The van der Waals surface area contributed by atoms with Crippen molar-refractivity contribution in [1.29, 1.82) is 0 Å². The van der Waals surface area contributed by atoms with E-state index in [0.29, 0.717) is 0 Å². The van der Waals surface area contributed by atoms with Gasteiger partial charge in [0, 0.05) is 19.1 Å². The maximum absolute atomic E-state index is 12.4. The average molecular weight is 398 g/mol. The van der Waals surface area contributed by atoms with Crippen LogP contribution in [0.3, 0.4) is 0 Å². The molecule has 0 N–H and O–H groups in total. The summed E-state index contributed by atoms with van der Waals surface area (Å²) in [7, 11) is 0.648. The topological polar surface area (TPSA) is 38.8 Å². The number of amides is 1. The molecule has 0 saturated heterocycles. The Morgan fingerprint density at radius 3 is 1.82 bits per heavy atom. The fraction of sp³-hybridized carbons (Fsp3) is 0.435. The fourth-order valence-electron chi connectivity index (χ4n) is 4.15. The van der Waals surface area contributed by atoms with Gasteiger partial charge in [-0.2, -0.15) is 0 Å². The molecule has 1 amide bonds. The normalized spacial score (nSPS) is 19.8. The lowest BCUT2D eigenvalue weighted by molar-refractivity contribution is -0.179. The van der Waals surface area contributed by atoms with Gasteiger partial charge in [0.05, 0.1) is 7.11 Å². The van der Waals surface area contributed by atoms with Gasteiger partial charge in [0.2, 0.25) is 5.91 Å². The number of benzene rings is 2. The zero-order valence-electron chi connectivity index (χ0n) is 17.5. The van der Waals surface area contributed by atoms with Gasteiger partial charge in [0.1, 0.15) is 0 Å². The summed E-state index contributed by atoms with van der Waals surface area (Å²) in [5.41, 5.74) is 0. The Kier molecular flexibility index (Phi) is 6.08. The van der Waals surface area contributed by atoms with Crippen molar-refractivity contribution in [2.75, 3.05) is 14.2 Å². The van der Waals surface area contributed by atoms with Crippen LogP contribution in [0.4, 0.5) is 0 Å². The molecule has 5 heteroatoms. The highest BCUT2D eigenvalue weighted by molar-refractivity contribution is 6.99. The number of rotatable bonds is 6. The van der Waals surface area contributed by atoms with Crippen LogP contribution < -0.4 is 10.4 Å². The number of carbonyl (C=O) groups excluding carboxylic acids is 1. The van der Waals surface area contributed by atoms with E-state index in [-0.39, 0.29) is 23.0 Å². The minimum atomic E-state index is -2.54. The van der Waals surface area contributed by atoms with Crippen molar-refractivity contribution in [2.45, 2.75) is 44.8 Å². The van der Waals surface area contributed by atoms with Crippen LogP contribution in [-0.2, 0) is 14.1 Å². The third-order valence-electron chi connectivity index (χ3n) is 5.79. The van der Waals surface area contributed by atoms with Crippen LogP contribution in [0.2, 0.25) is 5.04 Å². The highest BCUT2D eigenvalue weighted by Crippen LogP contribution is 2.41. The zero-order chi connectivity index (χ0) is 20.4. The van der Waals surface area contributed by atoms with E-state index in [0.717, 1.165) is 12.8 Å². The molecule has 4 nitrogen and oxygen atoms in total. The number of hydroxylamine groups is 2. The van der Waals surface area contributed by atoms with Crippen molar-refractivity contribution in [3.63, 3.8) is 0 Å². The molecule has 28 heavy (non-hydrogen) atoms. The van der Waals surface area contributed by atoms with Gasteiger partial charge in [0.25, 0.3) is 8.32 Å². The van der Waals surface area contributed by atoms with Crippen LogP contribution in [0.1, 0.15) is 33.6 Å². The summed E-state index contributed by atoms with van der Waals surface area (Å²) in [6.45, 7) is 6.83. The van der Waals surface area contributed by atoms with Crippen molar-refractivity contribution >= 4 is 24.6 Å². The predicted molar refractivity (Wildman–Crippen MR) is 115 cm³/mol. The average Bonchev–Trinajstić information content (AvgIpc) is 2.66. The lowest BCUT2D eigenvalue weighted by atomic mass is 9.82. The Morgan fingerprint density at radius 2 is 1.43 bits per heavy atom. The minimum Gasteiger partial charge on any atom is -0.404 e. The van der Waals surface area contributed by atoms with Crippen molar-refractivity contribution in [2.24, 2.45) is 5.92 Å². The van der Waals surface area contributed by atoms with Crippen LogP contribution in [0, 0.1) is 5.92 Å². The summed E-state index contributed by atoms with van der Waals surface area (Å²) in [5, 5.41) is 3.83. The number of hydrogen-bond acceptors (Lipinski definition) is 3. The molecular formula is C23H31NO3Si. The van der Waals surface area contributed by atoms with Gasteiger partial charge in [-0.25, -0.2) is 5.06 Å². The Hall–Kier alpha value is -1.95. The molecule has 0 atom stereocenters. The molecule has 0 radical (unpaired) electrons. The second-order valence-electron chi connectivity index (χ2n) is 8.59. The van der Waals surface area contributed by atoms with Crippen molar-refractivity contribution in [3.05, 3.63) is 60.7 Å². The van der Waals surface area contributed by atoms with Gasteiger partial charge in [-0.05, 0) is 28.3 Å². The minimum absolute atomic E-state index is 0.0202. The van der Waals surface area contributed by atoms with Crippen LogP contribution in [0.25, 0.3) is 0 Å². The first-order chi connectivity index (χ1) is 13.3. The SMILES string of the molecule is CON(C)C(=O)[C@H]1C[C@@H](O[Si](c2ccccc2)(c2ccccc2)C(C)(C)C)C1. The molecule has 0 aromatic heterocycles. The third-order valence-corrected chi connectivity index (χ3v) is 10.9. The van der Waals surface area contributed by atoms with Crippen LogP contribution in [-0.4, -0.2) is 39.5 Å². The zero-order valence-corrected chi connectivity index (χ0v) is 18.5. The second kappa shape index (κ2) is 8.19. The van der Waals surface area contributed by atoms with Gasteiger partial charge in [0.15, 0.2) is 0 Å². The first kappa shape index (κ1) is 20.8. The van der Waals surface area contributed by atoms with Gasteiger partial charge in [-0.3, -0.25) is 9.63 Å². The molecule has 1 aliphatic rings. The fourth-order valence-corrected chi connectivity index (χ4v) is 8.86. The molecule has 0 aliphatic heterocycles. The second-order valence-corrected chi connectivity index (χ2v) is 12.8. The first-order valence-electron chi connectivity index (χ1n) is 9.90. The highest BCUT2D eigenvalue weighted by Gasteiger charge is 2.53. The summed E-state index contributed by atoms with van der Waals surface area (Å²) < 4.78 is 7.03. The van der Waals surface area contributed by atoms with Gasteiger partial charge in [-0.15, -0.1) is 0 Å². The van der Waals surface area contributed by atoms with E-state index in [1.54, 1.807) is 7.05 Å². The van der Waals surface area contributed by atoms with E-state index in [1.165, 1.54) is 22.5 Å². The van der Waals surface area contributed by atoms with E-state index in [4.69, 9.17) is 9.26 Å². The van der Waals surface area contributed by atoms with Crippen LogP contribution in [0.15, 0.2) is 60.7 Å². The van der Waals surface area contributed by atoms with Gasteiger partial charge in [-0.1, -0.05) is 81.4 Å². The molecule has 0 heterocycles. The molecule has 0 bridgehead atoms. The smallest absolute Gasteiger partial charge is 0.261 e. The lowest BCUT2D eigenvalue weighted by Crippen LogP contribution is -2.68. The number of carbonyl (C=O) groups is 1. The monoisotopic (exact) mass is 397 g/mol. The molecule has 3 rings (SSSR count). The Labute approximate surface area is 169 Å². The predicted octanol–water partition coefficient (Wildman–Crippen LogP) is 3.36. The maximum atomic E-state index is 12.4. The molecule has 1 aliphatic carbocycles. The first-order valence-corrected chi connectivity index (χ1v) is 11.8. The Morgan fingerprint density at radius 1 is 0.964 bits per heavy atom. The van der Waals surface area contributed by atoms with E-state index in [9.17, 15) is 4.79 Å². The number of hydrogen-bond donors (Lipinski definition) is 0. The molecule has 2 aromatic carbocycles. The quantitative estimate of drug-likeness (QED) is 0.554. The summed E-state index contributed by atoms with van der Waals surface area (Å²) in [6, 6.07) is 21.3. The highest BCUT2D eigenvalue weighted by atomic mass is 28.4.